The first-order chi connectivity index (χ1) is 7.94. The van der Waals surface area contributed by atoms with Gasteiger partial charge in [-0.1, -0.05) is 19.1 Å². The number of hydrogen-bond donors (Lipinski definition) is 2. The summed E-state index contributed by atoms with van der Waals surface area (Å²) in [5, 5.41) is 2.82. The number of nitrogens with two attached hydrogens (primary N) is 1. The number of imide groups is 1. The van der Waals surface area contributed by atoms with E-state index in [1.54, 1.807) is 0 Å². The first-order valence-electron chi connectivity index (χ1n) is 5.87. The summed E-state index contributed by atoms with van der Waals surface area (Å²) in [6.07, 6.45) is 3.36. The molecule has 3 N–H and O–H groups in total. The first-order valence-corrected chi connectivity index (χ1v) is 6.28. The van der Waals surface area contributed by atoms with Gasteiger partial charge in [-0.05, 0) is 31.6 Å². The summed E-state index contributed by atoms with van der Waals surface area (Å²) in [7, 11) is 0. The van der Waals surface area contributed by atoms with Crippen molar-refractivity contribution in [2.75, 3.05) is 6.54 Å². The van der Waals surface area contributed by atoms with Crippen molar-refractivity contribution < 1.29 is 9.59 Å². The topological polar surface area (TPSA) is 75.4 Å². The standard InChI is InChI=1S/C11H17N3O2S/c1-7-2-4-11(5-3-7)9(15)14(6-8(12)17)10(16)13-11/h7H,2-6H2,1H3,(H2,12,17)(H,13,16). The Morgan fingerprint density at radius 2 is 2.12 bits per heavy atom. The second kappa shape index (κ2) is 4.25. The van der Waals surface area contributed by atoms with Crippen LogP contribution < -0.4 is 11.1 Å². The molecular formula is C11H17N3O2S. The molecule has 1 saturated heterocycles. The second-order valence-electron chi connectivity index (χ2n) is 5.05. The highest BCUT2D eigenvalue weighted by atomic mass is 32.1. The van der Waals surface area contributed by atoms with E-state index in [-0.39, 0.29) is 23.5 Å². The maximum absolute atomic E-state index is 12.3. The fourth-order valence-electron chi connectivity index (χ4n) is 2.57. The minimum Gasteiger partial charge on any atom is -0.392 e. The number of amides is 3. The van der Waals surface area contributed by atoms with Crippen LogP contribution in [0.3, 0.4) is 0 Å². The fraction of sp³-hybridized carbons (Fsp3) is 0.727. The van der Waals surface area contributed by atoms with Crippen molar-refractivity contribution in [2.24, 2.45) is 11.7 Å². The summed E-state index contributed by atoms with van der Waals surface area (Å²) in [4.78, 5) is 25.3. The first kappa shape index (κ1) is 12.3. The van der Waals surface area contributed by atoms with E-state index < -0.39 is 5.54 Å². The van der Waals surface area contributed by atoms with E-state index in [4.69, 9.17) is 18.0 Å². The van der Waals surface area contributed by atoms with Gasteiger partial charge in [-0.3, -0.25) is 9.69 Å². The third kappa shape index (κ3) is 2.13. The van der Waals surface area contributed by atoms with Crippen LogP contribution in [-0.4, -0.2) is 33.9 Å². The lowest BCUT2D eigenvalue weighted by molar-refractivity contribution is -0.132. The highest BCUT2D eigenvalue weighted by Crippen LogP contribution is 2.36. The predicted molar refractivity (Wildman–Crippen MR) is 67.4 cm³/mol. The van der Waals surface area contributed by atoms with Gasteiger partial charge in [0.25, 0.3) is 5.91 Å². The average molecular weight is 255 g/mol. The third-order valence-corrected chi connectivity index (χ3v) is 3.82. The molecule has 6 heteroatoms. The van der Waals surface area contributed by atoms with Crippen LogP contribution in [0.15, 0.2) is 0 Å². The zero-order valence-corrected chi connectivity index (χ0v) is 10.7. The van der Waals surface area contributed by atoms with Crippen LogP contribution in [0.4, 0.5) is 4.79 Å². The monoisotopic (exact) mass is 255 g/mol. The Balaban J connectivity index is 2.15. The zero-order valence-electron chi connectivity index (χ0n) is 9.86. The average Bonchev–Trinajstić information content (AvgIpc) is 2.48. The Labute approximate surface area is 106 Å². The molecule has 1 saturated carbocycles. The molecule has 1 spiro atoms. The van der Waals surface area contributed by atoms with Crippen LogP contribution in [0.5, 0.6) is 0 Å². The van der Waals surface area contributed by atoms with Gasteiger partial charge in [0.2, 0.25) is 0 Å². The number of thiocarbonyl (C=S) groups is 1. The fourth-order valence-corrected chi connectivity index (χ4v) is 2.70. The van der Waals surface area contributed by atoms with Crippen LogP contribution in [0, 0.1) is 5.92 Å². The van der Waals surface area contributed by atoms with Crippen molar-refractivity contribution >= 4 is 29.1 Å². The molecule has 0 aromatic heterocycles. The van der Waals surface area contributed by atoms with Crippen molar-refractivity contribution in [1.29, 1.82) is 0 Å². The molecule has 2 aliphatic rings. The largest absolute Gasteiger partial charge is 0.392 e. The summed E-state index contributed by atoms with van der Waals surface area (Å²) in [6, 6.07) is -0.364. The van der Waals surface area contributed by atoms with Crippen molar-refractivity contribution in [2.45, 2.75) is 38.1 Å². The van der Waals surface area contributed by atoms with E-state index in [0.29, 0.717) is 18.8 Å². The van der Waals surface area contributed by atoms with Crippen molar-refractivity contribution in [1.82, 2.24) is 10.2 Å². The Morgan fingerprint density at radius 3 is 2.65 bits per heavy atom. The third-order valence-electron chi connectivity index (χ3n) is 3.69. The van der Waals surface area contributed by atoms with E-state index >= 15 is 0 Å². The van der Waals surface area contributed by atoms with Crippen LogP contribution in [-0.2, 0) is 4.79 Å². The van der Waals surface area contributed by atoms with E-state index in [9.17, 15) is 9.59 Å². The molecule has 1 aliphatic carbocycles. The number of rotatable bonds is 2. The summed E-state index contributed by atoms with van der Waals surface area (Å²) in [5.41, 5.74) is 4.71. The van der Waals surface area contributed by atoms with E-state index in [1.165, 1.54) is 0 Å². The van der Waals surface area contributed by atoms with Crippen molar-refractivity contribution in [3.05, 3.63) is 0 Å². The number of nitrogens with one attached hydrogen (secondary N) is 1. The molecule has 0 aromatic carbocycles. The van der Waals surface area contributed by atoms with Gasteiger partial charge in [0.1, 0.15) is 5.54 Å². The van der Waals surface area contributed by atoms with E-state index in [0.717, 1.165) is 17.7 Å². The Bertz CT molecular complexity index is 375. The molecule has 1 heterocycles. The molecule has 0 bridgehead atoms. The number of nitrogens with zero attached hydrogens (tertiary/aromatic N) is 1. The number of hydrogen-bond acceptors (Lipinski definition) is 3. The van der Waals surface area contributed by atoms with Gasteiger partial charge in [-0.15, -0.1) is 0 Å². The van der Waals surface area contributed by atoms with E-state index in [1.807, 2.05) is 0 Å². The summed E-state index contributed by atoms with van der Waals surface area (Å²) >= 11 is 4.75. The normalized spacial score (nSPS) is 33.0. The summed E-state index contributed by atoms with van der Waals surface area (Å²) in [6.45, 7) is 2.21. The van der Waals surface area contributed by atoms with Crippen LogP contribution in [0.2, 0.25) is 0 Å². The summed E-state index contributed by atoms with van der Waals surface area (Å²) in [5.74, 6) is 0.456. The van der Waals surface area contributed by atoms with Crippen molar-refractivity contribution in [3.63, 3.8) is 0 Å². The Hall–Kier alpha value is -1.17. The number of carbonyl (C=O) groups excluding carboxylic acids is 2. The van der Waals surface area contributed by atoms with Crippen LogP contribution in [0.1, 0.15) is 32.6 Å². The SMILES string of the molecule is CC1CCC2(CC1)NC(=O)N(CC(N)=S)C2=O. The van der Waals surface area contributed by atoms with Gasteiger partial charge in [-0.25, -0.2) is 4.79 Å². The quantitative estimate of drug-likeness (QED) is 0.564. The predicted octanol–water partition coefficient (Wildman–Crippen LogP) is 0.773. The highest BCUT2D eigenvalue weighted by molar-refractivity contribution is 7.80. The maximum atomic E-state index is 12.3. The van der Waals surface area contributed by atoms with Crippen LogP contribution in [0.25, 0.3) is 0 Å². The Kier molecular flexibility index (Phi) is 3.07. The lowest BCUT2D eigenvalue weighted by Gasteiger charge is -2.33. The molecule has 0 unspecified atom stereocenters. The van der Waals surface area contributed by atoms with Gasteiger partial charge in [0.15, 0.2) is 0 Å². The molecule has 3 amide bonds. The molecule has 94 valence electrons. The van der Waals surface area contributed by atoms with Crippen molar-refractivity contribution in [3.8, 4) is 0 Å². The maximum Gasteiger partial charge on any atom is 0.325 e. The molecule has 2 rings (SSSR count). The Morgan fingerprint density at radius 1 is 1.53 bits per heavy atom. The minimum absolute atomic E-state index is 0.0390. The molecule has 2 fully saturated rings. The number of carbonyl (C=O) groups is 2. The lowest BCUT2D eigenvalue weighted by Crippen LogP contribution is -2.49. The molecule has 5 nitrogen and oxygen atoms in total. The molecule has 0 aromatic rings. The lowest BCUT2D eigenvalue weighted by atomic mass is 9.77. The highest BCUT2D eigenvalue weighted by Gasteiger charge is 2.51. The zero-order chi connectivity index (χ0) is 12.6. The van der Waals surface area contributed by atoms with Gasteiger partial charge in [-0.2, -0.15) is 0 Å². The molecular weight excluding hydrogens is 238 g/mol. The number of urea groups is 1. The van der Waals surface area contributed by atoms with Gasteiger partial charge in [0, 0.05) is 0 Å². The molecule has 0 radical (unpaired) electrons. The summed E-state index contributed by atoms with van der Waals surface area (Å²) < 4.78 is 0. The molecule has 17 heavy (non-hydrogen) atoms. The smallest absolute Gasteiger partial charge is 0.325 e. The minimum atomic E-state index is -0.686. The van der Waals surface area contributed by atoms with Crippen LogP contribution >= 0.6 is 12.2 Å². The van der Waals surface area contributed by atoms with E-state index in [2.05, 4.69) is 12.2 Å². The van der Waals surface area contributed by atoms with Gasteiger partial charge < -0.3 is 11.1 Å². The molecule has 1 aliphatic heterocycles. The van der Waals surface area contributed by atoms with Gasteiger partial charge >= 0.3 is 6.03 Å². The second-order valence-corrected chi connectivity index (χ2v) is 5.58. The molecule has 0 atom stereocenters. The van der Waals surface area contributed by atoms with Gasteiger partial charge in [0.05, 0.1) is 11.5 Å².